The van der Waals surface area contributed by atoms with Crippen molar-refractivity contribution in [3.8, 4) is 5.75 Å². The summed E-state index contributed by atoms with van der Waals surface area (Å²) >= 11 is 9.21. The minimum Gasteiger partial charge on any atom is -0.486 e. The third-order valence-electron chi connectivity index (χ3n) is 1.88. The van der Waals surface area contributed by atoms with Crippen LogP contribution in [0, 0.1) is 0 Å². The third-order valence-corrected chi connectivity index (χ3v) is 2.60. The number of nitrogens with zero attached hydrogens (tertiary/aromatic N) is 2. The first-order valence-electron chi connectivity index (χ1n) is 4.58. The third kappa shape index (κ3) is 2.93. The highest BCUT2D eigenvalue weighted by Gasteiger charge is 2.02. The standard InChI is InChI=1S/C11H8BrClN2O/c12-9-4-8(5-14-6-9)7-16-10-2-1-3-15-11(10)13/h1-6H,7H2. The fourth-order valence-electron chi connectivity index (χ4n) is 1.17. The summed E-state index contributed by atoms with van der Waals surface area (Å²) < 4.78 is 6.44. The van der Waals surface area contributed by atoms with E-state index in [1.807, 2.05) is 6.07 Å². The van der Waals surface area contributed by atoms with Crippen molar-refractivity contribution in [2.75, 3.05) is 0 Å². The molecule has 0 bridgehead atoms. The molecule has 2 aromatic heterocycles. The van der Waals surface area contributed by atoms with E-state index < -0.39 is 0 Å². The van der Waals surface area contributed by atoms with Gasteiger partial charge in [-0.25, -0.2) is 4.98 Å². The van der Waals surface area contributed by atoms with Gasteiger partial charge in [0.25, 0.3) is 0 Å². The Morgan fingerprint density at radius 3 is 3.00 bits per heavy atom. The van der Waals surface area contributed by atoms with E-state index in [1.54, 1.807) is 30.7 Å². The normalized spacial score (nSPS) is 10.1. The van der Waals surface area contributed by atoms with E-state index in [0.29, 0.717) is 17.5 Å². The molecule has 0 unspecified atom stereocenters. The average molecular weight is 300 g/mol. The molecular weight excluding hydrogens is 291 g/mol. The van der Waals surface area contributed by atoms with Crippen molar-refractivity contribution in [2.45, 2.75) is 6.61 Å². The average Bonchev–Trinajstić information content (AvgIpc) is 2.28. The zero-order chi connectivity index (χ0) is 11.4. The van der Waals surface area contributed by atoms with Gasteiger partial charge >= 0.3 is 0 Å². The second-order valence-corrected chi connectivity index (χ2v) is 4.37. The van der Waals surface area contributed by atoms with E-state index in [1.165, 1.54) is 0 Å². The van der Waals surface area contributed by atoms with Gasteiger partial charge < -0.3 is 4.74 Å². The fourth-order valence-corrected chi connectivity index (χ4v) is 1.76. The Kier molecular flexibility index (Phi) is 3.74. The quantitative estimate of drug-likeness (QED) is 0.814. The van der Waals surface area contributed by atoms with E-state index in [0.717, 1.165) is 10.0 Å². The maximum absolute atomic E-state index is 5.86. The molecule has 2 heterocycles. The lowest BCUT2D eigenvalue weighted by molar-refractivity contribution is 0.304. The van der Waals surface area contributed by atoms with Gasteiger partial charge in [-0.1, -0.05) is 11.6 Å². The summed E-state index contributed by atoms with van der Waals surface area (Å²) in [6.45, 7) is 0.415. The molecule has 0 aliphatic heterocycles. The number of hydrogen-bond acceptors (Lipinski definition) is 3. The molecule has 82 valence electrons. The second kappa shape index (κ2) is 5.27. The number of ether oxygens (including phenoxy) is 1. The van der Waals surface area contributed by atoms with Crippen molar-refractivity contribution in [1.29, 1.82) is 0 Å². The summed E-state index contributed by atoms with van der Waals surface area (Å²) in [5.74, 6) is 0.573. The lowest BCUT2D eigenvalue weighted by Crippen LogP contribution is -1.97. The van der Waals surface area contributed by atoms with E-state index >= 15 is 0 Å². The molecule has 0 saturated heterocycles. The van der Waals surface area contributed by atoms with Crippen LogP contribution in [0.2, 0.25) is 5.15 Å². The van der Waals surface area contributed by atoms with Crippen molar-refractivity contribution in [2.24, 2.45) is 0 Å². The molecule has 0 radical (unpaired) electrons. The van der Waals surface area contributed by atoms with E-state index in [4.69, 9.17) is 16.3 Å². The van der Waals surface area contributed by atoms with Crippen molar-refractivity contribution in [3.05, 3.63) is 52.0 Å². The smallest absolute Gasteiger partial charge is 0.171 e. The zero-order valence-corrected chi connectivity index (χ0v) is 10.6. The molecule has 0 aliphatic rings. The molecule has 5 heteroatoms. The first kappa shape index (κ1) is 11.4. The molecule has 0 spiro atoms. The lowest BCUT2D eigenvalue weighted by atomic mass is 10.3. The largest absolute Gasteiger partial charge is 0.486 e. The maximum Gasteiger partial charge on any atom is 0.171 e. The van der Waals surface area contributed by atoms with Crippen LogP contribution in [0.25, 0.3) is 0 Å². The highest BCUT2D eigenvalue weighted by atomic mass is 79.9. The lowest BCUT2D eigenvalue weighted by Gasteiger charge is -2.06. The van der Waals surface area contributed by atoms with Crippen LogP contribution in [0.4, 0.5) is 0 Å². The molecule has 2 rings (SSSR count). The number of hydrogen-bond donors (Lipinski definition) is 0. The molecule has 3 nitrogen and oxygen atoms in total. The Labute approximate surface area is 107 Å². The Bertz CT molecular complexity index is 493. The van der Waals surface area contributed by atoms with Gasteiger partial charge in [0.2, 0.25) is 0 Å². The number of halogens is 2. The maximum atomic E-state index is 5.86. The fraction of sp³-hybridized carbons (Fsp3) is 0.0909. The molecule has 0 N–H and O–H groups in total. The number of pyridine rings is 2. The Morgan fingerprint density at radius 1 is 1.38 bits per heavy atom. The molecule has 16 heavy (non-hydrogen) atoms. The van der Waals surface area contributed by atoms with Crippen molar-refractivity contribution in [3.63, 3.8) is 0 Å². The van der Waals surface area contributed by atoms with Gasteiger partial charge in [0.05, 0.1) is 0 Å². The van der Waals surface area contributed by atoms with Crippen LogP contribution in [0.1, 0.15) is 5.56 Å². The molecule has 0 amide bonds. The summed E-state index contributed by atoms with van der Waals surface area (Å²) in [5.41, 5.74) is 0.967. The SMILES string of the molecule is Clc1ncccc1OCc1cncc(Br)c1. The molecule has 0 aliphatic carbocycles. The highest BCUT2D eigenvalue weighted by molar-refractivity contribution is 9.10. The zero-order valence-electron chi connectivity index (χ0n) is 8.23. The van der Waals surface area contributed by atoms with E-state index in [-0.39, 0.29) is 0 Å². The summed E-state index contributed by atoms with van der Waals surface area (Å²) in [6, 6.07) is 5.50. The first-order valence-corrected chi connectivity index (χ1v) is 5.75. The summed E-state index contributed by atoms with van der Waals surface area (Å²) in [6.07, 6.45) is 5.09. The van der Waals surface area contributed by atoms with Gasteiger partial charge in [-0.2, -0.15) is 0 Å². The van der Waals surface area contributed by atoms with Crippen LogP contribution in [-0.2, 0) is 6.61 Å². The second-order valence-electron chi connectivity index (χ2n) is 3.09. The van der Waals surface area contributed by atoms with Gasteiger partial charge in [-0.15, -0.1) is 0 Å². The van der Waals surface area contributed by atoms with Crippen LogP contribution in [0.3, 0.4) is 0 Å². The predicted molar refractivity (Wildman–Crippen MR) is 65.5 cm³/mol. The molecular formula is C11H8BrClN2O. The van der Waals surface area contributed by atoms with Crippen molar-refractivity contribution in [1.82, 2.24) is 9.97 Å². The predicted octanol–water partition coefficient (Wildman–Crippen LogP) is 3.47. The van der Waals surface area contributed by atoms with Crippen LogP contribution >= 0.6 is 27.5 Å². The molecule has 0 aromatic carbocycles. The van der Waals surface area contributed by atoms with Crippen LogP contribution < -0.4 is 4.74 Å². The Balaban J connectivity index is 2.05. The van der Waals surface area contributed by atoms with Crippen molar-refractivity contribution < 1.29 is 4.74 Å². The summed E-state index contributed by atoms with van der Waals surface area (Å²) in [4.78, 5) is 7.97. The minimum atomic E-state index is 0.366. The molecule has 0 atom stereocenters. The monoisotopic (exact) mass is 298 g/mol. The Hall–Kier alpha value is -1.13. The molecule has 2 aromatic rings. The van der Waals surface area contributed by atoms with Gasteiger partial charge in [0.15, 0.2) is 10.9 Å². The molecule has 0 saturated carbocycles. The van der Waals surface area contributed by atoms with Crippen LogP contribution in [0.5, 0.6) is 5.75 Å². The van der Waals surface area contributed by atoms with E-state index in [2.05, 4.69) is 25.9 Å². The van der Waals surface area contributed by atoms with Gasteiger partial charge in [-0.3, -0.25) is 4.98 Å². The topological polar surface area (TPSA) is 35.0 Å². The van der Waals surface area contributed by atoms with Crippen molar-refractivity contribution >= 4 is 27.5 Å². The van der Waals surface area contributed by atoms with Crippen LogP contribution in [-0.4, -0.2) is 9.97 Å². The Morgan fingerprint density at radius 2 is 2.25 bits per heavy atom. The van der Waals surface area contributed by atoms with Gasteiger partial charge in [-0.05, 0) is 34.1 Å². The highest BCUT2D eigenvalue weighted by Crippen LogP contribution is 2.21. The van der Waals surface area contributed by atoms with Gasteiger partial charge in [0.1, 0.15) is 6.61 Å². The van der Waals surface area contributed by atoms with Crippen LogP contribution in [0.15, 0.2) is 41.3 Å². The van der Waals surface area contributed by atoms with Gasteiger partial charge in [0, 0.05) is 28.6 Å². The minimum absolute atomic E-state index is 0.366. The number of rotatable bonds is 3. The number of aromatic nitrogens is 2. The molecule has 0 fully saturated rings. The summed E-state index contributed by atoms with van der Waals surface area (Å²) in [5, 5.41) is 0.366. The van der Waals surface area contributed by atoms with E-state index in [9.17, 15) is 0 Å². The summed E-state index contributed by atoms with van der Waals surface area (Å²) in [7, 11) is 0. The first-order chi connectivity index (χ1) is 7.75.